The molecule has 7 aliphatic carbocycles. The topological polar surface area (TPSA) is 72.8 Å². The molecule has 6 bridgehead atoms. The van der Waals surface area contributed by atoms with Gasteiger partial charge in [0.1, 0.15) is 17.5 Å². The van der Waals surface area contributed by atoms with Crippen molar-refractivity contribution < 1.29 is 24.2 Å². The molecule has 5 heteroatoms. The number of esters is 2. The standard InChI is InChI=1S/C37H52O5/c1-4-37(28-15-23-14-24(17-28)18-29(37)16-23)42-35(39)22(3)13-27(12-21(2)25-8-10-30(38)11-9-25)36(40)41-34-20-26-19-33(34)32-7-5-6-31(26)32/h8-11,21-24,26-29,31-34,38H,4-7,12-20H2,1-3H3. The van der Waals surface area contributed by atoms with Crippen LogP contribution in [0.2, 0.25) is 0 Å². The molecule has 7 aliphatic rings. The summed E-state index contributed by atoms with van der Waals surface area (Å²) < 4.78 is 13.0. The Morgan fingerprint density at radius 2 is 1.52 bits per heavy atom. The minimum atomic E-state index is -0.356. The van der Waals surface area contributed by atoms with Crippen molar-refractivity contribution in [2.75, 3.05) is 0 Å². The lowest BCUT2D eigenvalue weighted by Gasteiger charge is -2.60. The molecular weight excluding hydrogens is 524 g/mol. The van der Waals surface area contributed by atoms with Crippen LogP contribution in [0.25, 0.3) is 0 Å². The van der Waals surface area contributed by atoms with Gasteiger partial charge < -0.3 is 14.6 Å². The SMILES string of the molecule is CCC1(OC(=O)C(C)CC(CC(C)c2ccc(O)cc2)C(=O)OC2CC3CC2C2CCCC32)C2CC3CC(C2)CC1C3. The second kappa shape index (κ2) is 11.1. The van der Waals surface area contributed by atoms with Crippen LogP contribution < -0.4 is 0 Å². The van der Waals surface area contributed by atoms with Gasteiger partial charge in [-0.1, -0.05) is 39.3 Å². The summed E-state index contributed by atoms with van der Waals surface area (Å²) >= 11 is 0. The summed E-state index contributed by atoms with van der Waals surface area (Å²) in [5.41, 5.74) is 0.780. The van der Waals surface area contributed by atoms with Gasteiger partial charge in [-0.3, -0.25) is 9.59 Å². The summed E-state index contributed by atoms with van der Waals surface area (Å²) in [5.74, 6) is 4.94. The van der Waals surface area contributed by atoms with Crippen molar-refractivity contribution >= 4 is 11.9 Å². The molecule has 0 spiro atoms. The van der Waals surface area contributed by atoms with Crippen LogP contribution >= 0.6 is 0 Å². The van der Waals surface area contributed by atoms with Crippen LogP contribution in [0.4, 0.5) is 0 Å². The van der Waals surface area contributed by atoms with Gasteiger partial charge in [0.05, 0.1) is 11.8 Å². The van der Waals surface area contributed by atoms with Gasteiger partial charge >= 0.3 is 11.9 Å². The predicted molar refractivity (Wildman–Crippen MR) is 161 cm³/mol. The van der Waals surface area contributed by atoms with Crippen molar-refractivity contribution in [1.29, 1.82) is 0 Å². The van der Waals surface area contributed by atoms with E-state index in [1.54, 1.807) is 12.1 Å². The Morgan fingerprint density at radius 1 is 0.857 bits per heavy atom. The molecule has 0 amide bonds. The summed E-state index contributed by atoms with van der Waals surface area (Å²) in [6, 6.07) is 7.30. The van der Waals surface area contributed by atoms with Crippen LogP contribution in [-0.2, 0) is 19.1 Å². The highest BCUT2D eigenvalue weighted by molar-refractivity contribution is 5.76. The number of carbonyl (C=O) groups excluding carboxylic acids is 2. The van der Waals surface area contributed by atoms with E-state index in [1.807, 2.05) is 19.1 Å². The maximum absolute atomic E-state index is 13.9. The number of benzene rings is 1. The van der Waals surface area contributed by atoms with Crippen molar-refractivity contribution in [1.82, 2.24) is 0 Å². The fourth-order valence-electron chi connectivity index (χ4n) is 11.6. The summed E-state index contributed by atoms with van der Waals surface area (Å²) in [4.78, 5) is 27.8. The Balaban J connectivity index is 1.05. The molecule has 8 unspecified atom stereocenters. The number of hydrogen-bond acceptors (Lipinski definition) is 5. The molecule has 230 valence electrons. The minimum absolute atomic E-state index is 0.0481. The van der Waals surface area contributed by atoms with E-state index < -0.39 is 0 Å². The van der Waals surface area contributed by atoms with E-state index in [4.69, 9.17) is 9.47 Å². The van der Waals surface area contributed by atoms with Gasteiger partial charge in [0, 0.05) is 0 Å². The van der Waals surface area contributed by atoms with Crippen LogP contribution in [0.1, 0.15) is 116 Å². The molecule has 0 saturated heterocycles. The van der Waals surface area contributed by atoms with Crippen molar-refractivity contribution in [3.05, 3.63) is 29.8 Å². The fraction of sp³-hybridized carbons (Fsp3) is 0.784. The number of ether oxygens (including phenoxy) is 2. The number of phenolic OH excluding ortho intramolecular Hbond substituents is 1. The molecule has 1 aromatic carbocycles. The Morgan fingerprint density at radius 3 is 2.19 bits per heavy atom. The fourth-order valence-corrected chi connectivity index (χ4v) is 11.6. The molecule has 8 rings (SSSR count). The molecule has 7 saturated carbocycles. The first kappa shape index (κ1) is 28.7. The van der Waals surface area contributed by atoms with Crippen LogP contribution in [0.15, 0.2) is 24.3 Å². The van der Waals surface area contributed by atoms with Gasteiger partial charge in [-0.05, 0) is 148 Å². The molecule has 0 aliphatic heterocycles. The highest BCUT2D eigenvalue weighted by atomic mass is 16.6. The lowest BCUT2D eigenvalue weighted by molar-refractivity contribution is -0.214. The zero-order valence-corrected chi connectivity index (χ0v) is 26.0. The predicted octanol–water partition coefficient (Wildman–Crippen LogP) is 8.04. The molecular formula is C37H52O5. The van der Waals surface area contributed by atoms with E-state index in [0.29, 0.717) is 30.6 Å². The Hall–Kier alpha value is -2.04. The number of aromatic hydroxyl groups is 1. The first-order valence-corrected chi connectivity index (χ1v) is 17.5. The monoisotopic (exact) mass is 576 g/mol. The van der Waals surface area contributed by atoms with Gasteiger partial charge in [-0.15, -0.1) is 0 Å². The Kier molecular flexibility index (Phi) is 7.62. The quantitative estimate of drug-likeness (QED) is 0.285. The largest absolute Gasteiger partial charge is 0.508 e. The maximum atomic E-state index is 13.9. The molecule has 5 nitrogen and oxygen atoms in total. The lowest BCUT2D eigenvalue weighted by atomic mass is 9.49. The molecule has 1 N–H and O–H groups in total. The van der Waals surface area contributed by atoms with Crippen molar-refractivity contribution in [2.45, 2.75) is 122 Å². The van der Waals surface area contributed by atoms with Crippen molar-refractivity contribution in [2.24, 2.45) is 59.2 Å². The van der Waals surface area contributed by atoms with Gasteiger partial charge in [0.25, 0.3) is 0 Å². The van der Waals surface area contributed by atoms with E-state index in [0.717, 1.165) is 48.0 Å². The van der Waals surface area contributed by atoms with E-state index in [9.17, 15) is 14.7 Å². The van der Waals surface area contributed by atoms with Gasteiger partial charge in [0.2, 0.25) is 0 Å². The third-order valence-corrected chi connectivity index (χ3v) is 13.5. The Labute approximate surface area is 252 Å². The van der Waals surface area contributed by atoms with Gasteiger partial charge in [-0.2, -0.15) is 0 Å². The molecule has 1 aromatic rings. The highest BCUT2D eigenvalue weighted by Crippen LogP contribution is 2.61. The first-order valence-electron chi connectivity index (χ1n) is 17.5. The van der Waals surface area contributed by atoms with Gasteiger partial charge in [-0.25, -0.2) is 0 Å². The number of hydrogen-bond donors (Lipinski definition) is 1. The zero-order chi connectivity index (χ0) is 29.2. The molecule has 0 radical (unpaired) electrons. The second-order valence-corrected chi connectivity index (χ2v) is 15.7. The van der Waals surface area contributed by atoms with E-state index in [2.05, 4.69) is 13.8 Å². The van der Waals surface area contributed by atoms with Crippen LogP contribution in [0.5, 0.6) is 5.75 Å². The molecule has 8 atom stereocenters. The number of fused-ring (bicyclic) bond motifs is 5. The van der Waals surface area contributed by atoms with Gasteiger partial charge in [0.15, 0.2) is 0 Å². The molecule has 0 aromatic heterocycles. The summed E-state index contributed by atoms with van der Waals surface area (Å²) in [6.45, 7) is 6.31. The van der Waals surface area contributed by atoms with Crippen LogP contribution in [0, 0.1) is 59.2 Å². The number of carbonyl (C=O) groups is 2. The maximum Gasteiger partial charge on any atom is 0.309 e. The van der Waals surface area contributed by atoms with E-state index in [1.165, 1.54) is 57.8 Å². The Bertz CT molecular complexity index is 1130. The average Bonchev–Trinajstić information content (AvgIpc) is 3.69. The molecule has 42 heavy (non-hydrogen) atoms. The van der Waals surface area contributed by atoms with Crippen molar-refractivity contribution in [3.63, 3.8) is 0 Å². The zero-order valence-electron chi connectivity index (χ0n) is 26.0. The third kappa shape index (κ3) is 4.99. The first-order chi connectivity index (χ1) is 20.2. The van der Waals surface area contributed by atoms with E-state index in [-0.39, 0.29) is 47.1 Å². The average molecular weight is 577 g/mol. The lowest BCUT2D eigenvalue weighted by Crippen LogP contribution is -2.59. The van der Waals surface area contributed by atoms with Crippen LogP contribution in [0.3, 0.4) is 0 Å². The van der Waals surface area contributed by atoms with Crippen molar-refractivity contribution in [3.8, 4) is 5.75 Å². The van der Waals surface area contributed by atoms with Crippen LogP contribution in [-0.4, -0.2) is 28.8 Å². The number of rotatable bonds is 10. The normalized spacial score (nSPS) is 41.4. The third-order valence-electron chi connectivity index (χ3n) is 13.5. The minimum Gasteiger partial charge on any atom is -0.508 e. The summed E-state index contributed by atoms with van der Waals surface area (Å²) in [5, 5.41) is 9.79. The molecule has 7 fully saturated rings. The summed E-state index contributed by atoms with van der Waals surface area (Å²) in [7, 11) is 0. The highest BCUT2D eigenvalue weighted by Gasteiger charge is 2.59. The summed E-state index contributed by atoms with van der Waals surface area (Å²) in [6.07, 6.45) is 14.5. The smallest absolute Gasteiger partial charge is 0.309 e. The number of phenols is 1. The second-order valence-electron chi connectivity index (χ2n) is 15.7. The van der Waals surface area contributed by atoms with E-state index >= 15 is 0 Å². The molecule has 0 heterocycles.